The molecule has 20 heavy (non-hydrogen) atoms. The van der Waals surface area contributed by atoms with Crippen LogP contribution in [0.3, 0.4) is 0 Å². The Morgan fingerprint density at radius 1 is 0.750 bits per heavy atom. The van der Waals surface area contributed by atoms with Gasteiger partial charge in [0.05, 0.1) is 11.4 Å². The minimum Gasteiger partial charge on any atom is -0.254 e. The molecule has 0 bridgehead atoms. The van der Waals surface area contributed by atoms with Gasteiger partial charge in [-0.2, -0.15) is 0 Å². The Morgan fingerprint density at radius 3 is 1.60 bits per heavy atom. The molecular formula is C16H18Cl2N2. The highest BCUT2D eigenvalue weighted by molar-refractivity contribution is 6.18. The zero-order valence-corrected chi connectivity index (χ0v) is 12.9. The molecule has 106 valence electrons. The van der Waals surface area contributed by atoms with Gasteiger partial charge in [0.2, 0.25) is 0 Å². The first-order valence-electron chi connectivity index (χ1n) is 6.87. The summed E-state index contributed by atoms with van der Waals surface area (Å²) in [4.78, 5) is 9.06. The minimum atomic E-state index is 0.662. The fraction of sp³-hybridized carbons (Fsp3) is 0.375. The fourth-order valence-electron chi connectivity index (χ4n) is 2.22. The van der Waals surface area contributed by atoms with E-state index in [4.69, 9.17) is 23.2 Å². The standard InChI is InChI=1S/C16H18Cl2N2/c17-9-1-5-13-7-3-11-19-15(13)16-14(6-2-10-18)8-4-12-20-16/h3-4,7-8,11-12H,1-2,5-6,9-10H2. The van der Waals surface area contributed by atoms with Crippen molar-refractivity contribution in [2.45, 2.75) is 25.7 Å². The zero-order valence-electron chi connectivity index (χ0n) is 11.4. The monoisotopic (exact) mass is 308 g/mol. The van der Waals surface area contributed by atoms with Crippen LogP contribution < -0.4 is 0 Å². The molecule has 0 fully saturated rings. The molecule has 0 amide bonds. The van der Waals surface area contributed by atoms with Crippen molar-refractivity contribution < 1.29 is 0 Å². The first-order chi connectivity index (χ1) is 9.86. The lowest BCUT2D eigenvalue weighted by Crippen LogP contribution is -2.00. The molecule has 0 spiro atoms. The predicted octanol–water partition coefficient (Wildman–Crippen LogP) is 4.49. The van der Waals surface area contributed by atoms with Crippen molar-refractivity contribution in [1.82, 2.24) is 9.97 Å². The molecule has 0 aliphatic carbocycles. The van der Waals surface area contributed by atoms with E-state index < -0.39 is 0 Å². The zero-order chi connectivity index (χ0) is 14.2. The molecule has 2 aromatic rings. The van der Waals surface area contributed by atoms with E-state index in [0.29, 0.717) is 11.8 Å². The number of aryl methyl sites for hydroxylation is 2. The average Bonchev–Trinajstić information content (AvgIpc) is 2.51. The molecular weight excluding hydrogens is 291 g/mol. The SMILES string of the molecule is ClCCCc1cccnc1-c1ncccc1CCCCl. The van der Waals surface area contributed by atoms with Gasteiger partial charge in [-0.25, -0.2) is 0 Å². The Labute approximate surface area is 130 Å². The van der Waals surface area contributed by atoms with E-state index in [1.54, 1.807) is 0 Å². The van der Waals surface area contributed by atoms with Gasteiger partial charge in [0.25, 0.3) is 0 Å². The molecule has 0 saturated carbocycles. The van der Waals surface area contributed by atoms with Gasteiger partial charge in [-0.3, -0.25) is 9.97 Å². The molecule has 0 aliphatic rings. The summed E-state index contributed by atoms with van der Waals surface area (Å²) in [5.41, 5.74) is 4.36. The highest BCUT2D eigenvalue weighted by atomic mass is 35.5. The van der Waals surface area contributed by atoms with Gasteiger partial charge in [-0.15, -0.1) is 23.2 Å². The van der Waals surface area contributed by atoms with Crippen molar-refractivity contribution in [2.75, 3.05) is 11.8 Å². The predicted molar refractivity (Wildman–Crippen MR) is 85.6 cm³/mol. The second kappa shape index (κ2) is 8.23. The van der Waals surface area contributed by atoms with E-state index in [-0.39, 0.29) is 0 Å². The number of hydrogen-bond donors (Lipinski definition) is 0. The summed E-state index contributed by atoms with van der Waals surface area (Å²) in [7, 11) is 0. The lowest BCUT2D eigenvalue weighted by atomic mass is 10.0. The molecule has 0 radical (unpaired) electrons. The quantitative estimate of drug-likeness (QED) is 0.704. The van der Waals surface area contributed by atoms with Crippen LogP contribution in [0.1, 0.15) is 24.0 Å². The summed E-state index contributed by atoms with van der Waals surface area (Å²) in [5, 5.41) is 0. The molecule has 2 rings (SSSR count). The maximum Gasteiger partial charge on any atom is 0.0920 e. The van der Waals surface area contributed by atoms with E-state index in [9.17, 15) is 0 Å². The van der Waals surface area contributed by atoms with Crippen molar-refractivity contribution >= 4 is 23.2 Å². The van der Waals surface area contributed by atoms with E-state index in [1.165, 1.54) is 11.1 Å². The Kier molecular flexibility index (Phi) is 6.28. The van der Waals surface area contributed by atoms with Gasteiger partial charge in [0.15, 0.2) is 0 Å². The Balaban J connectivity index is 2.35. The van der Waals surface area contributed by atoms with Crippen LogP contribution in [0, 0.1) is 0 Å². The normalized spacial score (nSPS) is 10.7. The summed E-state index contributed by atoms with van der Waals surface area (Å²) >= 11 is 11.6. The lowest BCUT2D eigenvalue weighted by molar-refractivity contribution is 0.906. The van der Waals surface area contributed by atoms with Crippen LogP contribution in [0.4, 0.5) is 0 Å². The van der Waals surface area contributed by atoms with Gasteiger partial charge in [-0.05, 0) is 48.9 Å². The molecule has 0 atom stereocenters. The number of pyridine rings is 2. The first kappa shape index (κ1) is 15.3. The molecule has 2 aromatic heterocycles. The van der Waals surface area contributed by atoms with Crippen molar-refractivity contribution in [3.05, 3.63) is 47.8 Å². The largest absolute Gasteiger partial charge is 0.254 e. The Morgan fingerprint density at radius 2 is 1.20 bits per heavy atom. The molecule has 0 aromatic carbocycles. The van der Waals surface area contributed by atoms with Crippen molar-refractivity contribution in [3.63, 3.8) is 0 Å². The van der Waals surface area contributed by atoms with Crippen molar-refractivity contribution in [3.8, 4) is 11.4 Å². The van der Waals surface area contributed by atoms with Crippen LogP contribution in [0.25, 0.3) is 11.4 Å². The Hall–Kier alpha value is -1.12. The van der Waals surface area contributed by atoms with Crippen LogP contribution in [0.5, 0.6) is 0 Å². The summed E-state index contributed by atoms with van der Waals surface area (Å²) < 4.78 is 0. The molecule has 2 nitrogen and oxygen atoms in total. The third-order valence-electron chi connectivity index (χ3n) is 3.17. The van der Waals surface area contributed by atoms with Crippen molar-refractivity contribution in [1.29, 1.82) is 0 Å². The molecule has 0 saturated heterocycles. The molecule has 0 N–H and O–H groups in total. The molecule has 4 heteroatoms. The number of nitrogens with zero attached hydrogens (tertiary/aromatic N) is 2. The summed E-state index contributed by atoms with van der Waals surface area (Å²) in [6.45, 7) is 0. The van der Waals surface area contributed by atoms with Gasteiger partial charge in [-0.1, -0.05) is 12.1 Å². The topological polar surface area (TPSA) is 25.8 Å². The van der Waals surface area contributed by atoms with E-state index >= 15 is 0 Å². The third kappa shape index (κ3) is 3.94. The van der Waals surface area contributed by atoms with E-state index in [0.717, 1.165) is 37.1 Å². The maximum absolute atomic E-state index is 5.80. The van der Waals surface area contributed by atoms with Gasteiger partial charge in [0.1, 0.15) is 0 Å². The molecule has 0 aliphatic heterocycles. The van der Waals surface area contributed by atoms with Crippen LogP contribution in [0.2, 0.25) is 0 Å². The number of halogens is 2. The fourth-order valence-corrected chi connectivity index (χ4v) is 2.49. The number of rotatable bonds is 7. The summed E-state index contributed by atoms with van der Waals surface area (Å²) in [5.74, 6) is 1.32. The van der Waals surface area contributed by atoms with Gasteiger partial charge < -0.3 is 0 Å². The first-order valence-corrected chi connectivity index (χ1v) is 7.93. The third-order valence-corrected chi connectivity index (χ3v) is 3.70. The minimum absolute atomic E-state index is 0.662. The van der Waals surface area contributed by atoms with Gasteiger partial charge in [0, 0.05) is 24.2 Å². The van der Waals surface area contributed by atoms with Crippen molar-refractivity contribution in [2.24, 2.45) is 0 Å². The number of alkyl halides is 2. The number of aromatic nitrogens is 2. The van der Waals surface area contributed by atoms with Crippen LogP contribution in [-0.4, -0.2) is 21.7 Å². The Bertz CT molecular complexity index is 494. The van der Waals surface area contributed by atoms with Crippen LogP contribution in [0.15, 0.2) is 36.7 Å². The second-order valence-corrected chi connectivity index (χ2v) is 5.36. The van der Waals surface area contributed by atoms with Gasteiger partial charge >= 0.3 is 0 Å². The maximum atomic E-state index is 5.80. The van der Waals surface area contributed by atoms with Crippen LogP contribution in [-0.2, 0) is 12.8 Å². The van der Waals surface area contributed by atoms with E-state index in [2.05, 4.69) is 22.1 Å². The highest BCUT2D eigenvalue weighted by Gasteiger charge is 2.11. The van der Waals surface area contributed by atoms with E-state index in [1.807, 2.05) is 24.5 Å². The summed E-state index contributed by atoms with van der Waals surface area (Å²) in [6, 6.07) is 8.15. The molecule has 2 heterocycles. The van der Waals surface area contributed by atoms with Crippen LogP contribution >= 0.6 is 23.2 Å². The lowest BCUT2D eigenvalue weighted by Gasteiger charge is -2.11. The average molecular weight is 309 g/mol. The number of hydrogen-bond acceptors (Lipinski definition) is 2. The molecule has 0 unspecified atom stereocenters. The highest BCUT2D eigenvalue weighted by Crippen LogP contribution is 2.24. The smallest absolute Gasteiger partial charge is 0.0920 e. The summed E-state index contributed by atoms with van der Waals surface area (Å²) in [6.07, 6.45) is 7.39. The second-order valence-electron chi connectivity index (χ2n) is 4.61.